The van der Waals surface area contributed by atoms with E-state index < -0.39 is 5.91 Å². The Kier molecular flexibility index (Phi) is 5.57. The van der Waals surface area contributed by atoms with E-state index in [4.69, 9.17) is 15.2 Å². The Hall–Kier alpha value is -3.02. The highest BCUT2D eigenvalue weighted by Crippen LogP contribution is 2.25. The average molecular weight is 314 g/mol. The number of carbonyl (C=O) groups excluding carboxylic acids is 2. The van der Waals surface area contributed by atoms with Crippen molar-refractivity contribution in [2.24, 2.45) is 5.73 Å². The second-order valence-electron chi connectivity index (χ2n) is 4.74. The van der Waals surface area contributed by atoms with Crippen molar-refractivity contribution < 1.29 is 19.1 Å². The molecule has 0 aliphatic carbocycles. The van der Waals surface area contributed by atoms with Crippen LogP contribution in [0.2, 0.25) is 0 Å². The van der Waals surface area contributed by atoms with Gasteiger partial charge in [-0.05, 0) is 30.3 Å². The largest absolute Gasteiger partial charge is 0.493 e. The lowest BCUT2D eigenvalue weighted by Crippen LogP contribution is -2.16. The van der Waals surface area contributed by atoms with E-state index in [1.54, 1.807) is 37.4 Å². The molecule has 2 aromatic rings. The molecule has 0 fully saturated rings. The van der Waals surface area contributed by atoms with Crippen molar-refractivity contribution >= 4 is 17.5 Å². The Labute approximate surface area is 134 Å². The first-order chi connectivity index (χ1) is 11.1. The number of nitrogens with two attached hydrogens (primary N) is 1. The van der Waals surface area contributed by atoms with Crippen molar-refractivity contribution in [3.05, 3.63) is 54.1 Å². The summed E-state index contributed by atoms with van der Waals surface area (Å²) >= 11 is 0. The highest BCUT2D eigenvalue weighted by molar-refractivity contribution is 5.96. The smallest absolute Gasteiger partial charge is 0.248 e. The van der Waals surface area contributed by atoms with Gasteiger partial charge in [-0.2, -0.15) is 0 Å². The van der Waals surface area contributed by atoms with Crippen LogP contribution in [0.5, 0.6) is 11.5 Å². The second kappa shape index (κ2) is 7.84. The van der Waals surface area contributed by atoms with Crippen LogP contribution in [-0.4, -0.2) is 25.5 Å². The van der Waals surface area contributed by atoms with E-state index in [1.807, 2.05) is 12.1 Å². The topological polar surface area (TPSA) is 90.7 Å². The van der Waals surface area contributed by atoms with Crippen molar-refractivity contribution in [2.75, 3.05) is 19.0 Å². The summed E-state index contributed by atoms with van der Waals surface area (Å²) in [6.45, 7) is 0.210. The monoisotopic (exact) mass is 314 g/mol. The summed E-state index contributed by atoms with van der Waals surface area (Å²) in [5, 5.41) is 2.69. The summed E-state index contributed by atoms with van der Waals surface area (Å²) in [5.74, 6) is 0.433. The molecule has 0 saturated carbocycles. The molecule has 0 spiro atoms. The van der Waals surface area contributed by atoms with Crippen LogP contribution in [-0.2, 0) is 4.79 Å². The molecule has 2 rings (SSSR count). The fourth-order valence-electron chi connectivity index (χ4n) is 1.97. The van der Waals surface area contributed by atoms with Gasteiger partial charge in [0.15, 0.2) is 11.5 Å². The van der Waals surface area contributed by atoms with Gasteiger partial charge in [0.1, 0.15) is 0 Å². The molecule has 6 heteroatoms. The van der Waals surface area contributed by atoms with Crippen LogP contribution in [0.25, 0.3) is 0 Å². The number of hydrogen-bond donors (Lipinski definition) is 2. The molecule has 6 nitrogen and oxygen atoms in total. The van der Waals surface area contributed by atoms with Crippen molar-refractivity contribution in [2.45, 2.75) is 6.42 Å². The van der Waals surface area contributed by atoms with Crippen LogP contribution in [0.1, 0.15) is 16.8 Å². The zero-order valence-electron chi connectivity index (χ0n) is 12.7. The number of methoxy groups -OCH3 is 1. The highest BCUT2D eigenvalue weighted by Gasteiger charge is 2.07. The van der Waals surface area contributed by atoms with Crippen LogP contribution in [0.3, 0.4) is 0 Å². The Balaban J connectivity index is 1.86. The highest BCUT2D eigenvalue weighted by atomic mass is 16.5. The van der Waals surface area contributed by atoms with E-state index >= 15 is 0 Å². The van der Waals surface area contributed by atoms with Gasteiger partial charge >= 0.3 is 0 Å². The summed E-state index contributed by atoms with van der Waals surface area (Å²) < 4.78 is 10.7. The summed E-state index contributed by atoms with van der Waals surface area (Å²) in [4.78, 5) is 23.0. The Morgan fingerprint density at radius 3 is 2.52 bits per heavy atom. The van der Waals surface area contributed by atoms with Gasteiger partial charge in [0.2, 0.25) is 11.8 Å². The third-order valence-corrected chi connectivity index (χ3v) is 3.09. The lowest BCUT2D eigenvalue weighted by molar-refractivity contribution is -0.116. The van der Waals surface area contributed by atoms with Crippen LogP contribution >= 0.6 is 0 Å². The van der Waals surface area contributed by atoms with E-state index in [2.05, 4.69) is 5.32 Å². The molecule has 0 radical (unpaired) electrons. The molecule has 2 amide bonds. The Morgan fingerprint density at radius 1 is 1.09 bits per heavy atom. The zero-order valence-corrected chi connectivity index (χ0v) is 12.7. The molecule has 23 heavy (non-hydrogen) atoms. The maximum absolute atomic E-state index is 11.9. The average Bonchev–Trinajstić information content (AvgIpc) is 2.55. The number of benzene rings is 2. The van der Waals surface area contributed by atoms with Crippen molar-refractivity contribution in [1.29, 1.82) is 0 Å². The molecule has 0 aliphatic heterocycles. The van der Waals surface area contributed by atoms with E-state index in [-0.39, 0.29) is 18.9 Å². The number of nitrogens with one attached hydrogen (secondary N) is 1. The van der Waals surface area contributed by atoms with Crippen molar-refractivity contribution in [3.63, 3.8) is 0 Å². The van der Waals surface area contributed by atoms with E-state index in [1.165, 1.54) is 6.07 Å². The van der Waals surface area contributed by atoms with Gasteiger partial charge in [-0.3, -0.25) is 9.59 Å². The molecular formula is C17H18N2O4. The molecule has 0 aromatic heterocycles. The molecule has 0 heterocycles. The number of amides is 2. The minimum atomic E-state index is -0.541. The summed E-state index contributed by atoms with van der Waals surface area (Å²) in [7, 11) is 1.56. The fraction of sp³-hybridized carbons (Fsp3) is 0.176. The predicted octanol–water partition coefficient (Wildman–Crippen LogP) is 2.20. The van der Waals surface area contributed by atoms with E-state index in [0.717, 1.165) is 0 Å². The van der Waals surface area contributed by atoms with Crippen molar-refractivity contribution in [3.8, 4) is 11.5 Å². The molecule has 0 atom stereocenters. The molecule has 0 unspecified atom stereocenters. The van der Waals surface area contributed by atoms with Gasteiger partial charge in [-0.25, -0.2) is 0 Å². The van der Waals surface area contributed by atoms with E-state index in [9.17, 15) is 9.59 Å². The molecule has 3 N–H and O–H groups in total. The van der Waals surface area contributed by atoms with Crippen LogP contribution < -0.4 is 20.5 Å². The van der Waals surface area contributed by atoms with Crippen LogP contribution in [0, 0.1) is 0 Å². The maximum Gasteiger partial charge on any atom is 0.248 e. The quantitative estimate of drug-likeness (QED) is 0.819. The van der Waals surface area contributed by atoms with Gasteiger partial charge in [0.05, 0.1) is 20.1 Å². The van der Waals surface area contributed by atoms with Gasteiger partial charge in [-0.1, -0.05) is 18.2 Å². The summed E-state index contributed by atoms with van der Waals surface area (Å²) in [6.07, 6.45) is 0.166. The molecule has 2 aromatic carbocycles. The standard InChI is InChI=1S/C17H18N2O4/c1-22-14-7-2-3-8-15(14)23-10-9-16(20)19-13-6-4-5-12(11-13)17(18)21/h2-8,11H,9-10H2,1H3,(H2,18,21)(H,19,20). The number of carbonyl (C=O) groups is 2. The third kappa shape index (κ3) is 4.74. The Bertz CT molecular complexity index is 700. The predicted molar refractivity (Wildman–Crippen MR) is 86.7 cm³/mol. The Morgan fingerprint density at radius 2 is 1.83 bits per heavy atom. The molecule has 0 saturated heterocycles. The first kappa shape index (κ1) is 16.4. The molecule has 0 bridgehead atoms. The van der Waals surface area contributed by atoms with Gasteiger partial charge < -0.3 is 20.5 Å². The van der Waals surface area contributed by atoms with Gasteiger partial charge in [0, 0.05) is 11.3 Å². The number of rotatable bonds is 7. The van der Waals surface area contributed by atoms with Crippen molar-refractivity contribution in [1.82, 2.24) is 0 Å². The number of hydrogen-bond acceptors (Lipinski definition) is 4. The summed E-state index contributed by atoms with van der Waals surface area (Å²) in [6, 6.07) is 13.7. The fourth-order valence-corrected chi connectivity index (χ4v) is 1.97. The third-order valence-electron chi connectivity index (χ3n) is 3.09. The number of ether oxygens (including phenoxy) is 2. The van der Waals surface area contributed by atoms with E-state index in [0.29, 0.717) is 22.7 Å². The molecule has 120 valence electrons. The number of para-hydroxylation sites is 2. The second-order valence-corrected chi connectivity index (χ2v) is 4.74. The minimum Gasteiger partial charge on any atom is -0.493 e. The zero-order chi connectivity index (χ0) is 16.7. The first-order valence-electron chi connectivity index (χ1n) is 7.05. The normalized spacial score (nSPS) is 9.96. The number of primary amides is 1. The first-order valence-corrected chi connectivity index (χ1v) is 7.05. The number of anilines is 1. The lowest BCUT2D eigenvalue weighted by atomic mass is 10.2. The van der Waals surface area contributed by atoms with Crippen LogP contribution in [0.15, 0.2) is 48.5 Å². The lowest BCUT2D eigenvalue weighted by Gasteiger charge is -2.10. The molecule has 0 aliphatic rings. The van der Waals surface area contributed by atoms with Gasteiger partial charge in [0.25, 0.3) is 0 Å². The van der Waals surface area contributed by atoms with Crippen LogP contribution in [0.4, 0.5) is 5.69 Å². The maximum atomic E-state index is 11.9. The SMILES string of the molecule is COc1ccccc1OCCC(=O)Nc1cccc(C(N)=O)c1. The minimum absolute atomic E-state index is 0.166. The van der Waals surface area contributed by atoms with Gasteiger partial charge in [-0.15, -0.1) is 0 Å². The summed E-state index contributed by atoms with van der Waals surface area (Å²) in [5.41, 5.74) is 6.06. The molecular weight excluding hydrogens is 296 g/mol.